The molecular weight excluding hydrogens is 236 g/mol. The highest BCUT2D eigenvalue weighted by Crippen LogP contribution is 2.24. The van der Waals surface area contributed by atoms with Crippen molar-refractivity contribution in [1.82, 2.24) is 0 Å². The lowest BCUT2D eigenvalue weighted by molar-refractivity contribution is 0.114. The Kier molecular flexibility index (Phi) is 4.36. The molecule has 0 radical (unpaired) electrons. The van der Waals surface area contributed by atoms with Gasteiger partial charge in [-0.25, -0.2) is 0 Å². The summed E-state index contributed by atoms with van der Waals surface area (Å²) >= 11 is 0. The molecule has 1 fully saturated rings. The second-order valence-electron chi connectivity index (χ2n) is 4.30. The molecule has 2 rings (SSSR count). The van der Waals surface area contributed by atoms with Crippen molar-refractivity contribution in [3.63, 3.8) is 0 Å². The molecule has 0 spiro atoms. The van der Waals surface area contributed by atoms with Gasteiger partial charge in [-0.3, -0.25) is 0 Å². The summed E-state index contributed by atoms with van der Waals surface area (Å²) in [5.74, 6) is 0. The summed E-state index contributed by atoms with van der Waals surface area (Å²) in [6.07, 6.45) is 2.36. The minimum Gasteiger partial charge on any atom is -0.502 e. The molecule has 2 aliphatic rings. The van der Waals surface area contributed by atoms with Crippen LogP contribution in [0.15, 0.2) is 11.0 Å². The minimum absolute atomic E-state index is 0.360. The van der Waals surface area contributed by atoms with E-state index in [1.54, 1.807) is 14.2 Å². The largest absolute Gasteiger partial charge is 0.502 e. The third kappa shape index (κ3) is 2.97. The third-order valence-electron chi connectivity index (χ3n) is 3.06. The van der Waals surface area contributed by atoms with Crippen LogP contribution in [0, 0.1) is 0 Å². The van der Waals surface area contributed by atoms with Crippen molar-refractivity contribution >= 4 is 13.8 Å². The van der Waals surface area contributed by atoms with E-state index in [0.717, 1.165) is 43.4 Å². The van der Waals surface area contributed by atoms with E-state index in [2.05, 4.69) is 6.55 Å². The summed E-state index contributed by atoms with van der Waals surface area (Å²) in [7, 11) is 2.82. The molecule has 96 valence electrons. The van der Waals surface area contributed by atoms with Crippen LogP contribution in [0.2, 0.25) is 6.55 Å². The van der Waals surface area contributed by atoms with Crippen LogP contribution in [0.1, 0.15) is 12.8 Å². The molecule has 0 amide bonds. The number of epoxide rings is 1. The van der Waals surface area contributed by atoms with Gasteiger partial charge in [0.1, 0.15) is 25.3 Å². The average Bonchev–Trinajstić information content (AvgIpc) is 3.12. The van der Waals surface area contributed by atoms with Gasteiger partial charge < -0.3 is 18.9 Å². The van der Waals surface area contributed by atoms with Gasteiger partial charge in [0.15, 0.2) is 0 Å². The van der Waals surface area contributed by atoms with Crippen LogP contribution in [0.5, 0.6) is 0 Å². The molecule has 17 heavy (non-hydrogen) atoms. The first-order chi connectivity index (χ1) is 8.27. The summed E-state index contributed by atoms with van der Waals surface area (Å²) in [6.45, 7) is 4.58. The molecule has 0 N–H and O–H groups in total. The molecule has 0 aliphatic carbocycles. The van der Waals surface area contributed by atoms with Crippen molar-refractivity contribution < 1.29 is 18.9 Å². The summed E-state index contributed by atoms with van der Waals surface area (Å²) in [5, 5.41) is 2.33. The molecule has 0 aromatic heterocycles. The molecule has 1 atom stereocenters. The van der Waals surface area contributed by atoms with E-state index in [9.17, 15) is 0 Å². The Morgan fingerprint density at radius 2 is 2.12 bits per heavy atom. The second kappa shape index (κ2) is 5.80. The first-order valence-corrected chi connectivity index (χ1v) is 8.00. The van der Waals surface area contributed by atoms with Gasteiger partial charge in [0.05, 0.1) is 27.4 Å². The van der Waals surface area contributed by atoms with Crippen LogP contribution in [0.25, 0.3) is 0 Å². The Bertz CT molecular complexity index is 344. The normalized spacial score (nSPS) is 22.6. The number of ether oxygens (including phenoxy) is 4. The van der Waals surface area contributed by atoms with Gasteiger partial charge >= 0.3 is 0 Å². The van der Waals surface area contributed by atoms with Crippen molar-refractivity contribution in [3.8, 4) is 0 Å². The first kappa shape index (κ1) is 12.8. The fourth-order valence-corrected chi connectivity index (χ4v) is 4.12. The third-order valence-corrected chi connectivity index (χ3v) is 5.43. The zero-order chi connectivity index (χ0) is 12.3. The molecule has 2 aliphatic heterocycles. The Labute approximate surface area is 104 Å². The molecule has 1 unspecified atom stereocenters. The maximum Gasteiger partial charge on any atom is 0.143 e. The molecule has 0 aromatic rings. The lowest BCUT2D eigenvalue weighted by atomic mass is 10.1. The Balaban J connectivity index is 1.68. The summed E-state index contributed by atoms with van der Waals surface area (Å²) in [5.41, 5.74) is 1.26. The second-order valence-corrected chi connectivity index (χ2v) is 6.46. The molecular formula is C12H20O4Si. The highest BCUT2D eigenvalue weighted by Gasteiger charge is 2.28. The summed E-state index contributed by atoms with van der Waals surface area (Å²) in [4.78, 5) is 0. The van der Waals surface area contributed by atoms with E-state index in [4.69, 9.17) is 18.9 Å². The smallest absolute Gasteiger partial charge is 0.143 e. The Morgan fingerprint density at radius 1 is 1.35 bits per heavy atom. The van der Waals surface area contributed by atoms with E-state index in [-0.39, 0.29) is 0 Å². The van der Waals surface area contributed by atoms with E-state index in [0.29, 0.717) is 6.10 Å². The average molecular weight is 256 g/mol. The van der Waals surface area contributed by atoms with Gasteiger partial charge in [0, 0.05) is 12.2 Å². The van der Waals surface area contributed by atoms with E-state index >= 15 is 0 Å². The van der Waals surface area contributed by atoms with Gasteiger partial charge in [-0.2, -0.15) is 0 Å². The lowest BCUT2D eigenvalue weighted by Crippen LogP contribution is -2.32. The predicted octanol–water partition coefficient (Wildman–Crippen LogP) is 1.12. The Morgan fingerprint density at radius 3 is 2.71 bits per heavy atom. The zero-order valence-electron chi connectivity index (χ0n) is 10.7. The monoisotopic (exact) mass is 256 g/mol. The fourth-order valence-electron chi connectivity index (χ4n) is 2.11. The molecule has 2 heterocycles. The number of hydrogen-bond donors (Lipinski definition) is 0. The van der Waals surface area contributed by atoms with Crippen molar-refractivity contribution in [1.29, 1.82) is 0 Å². The lowest BCUT2D eigenvalue weighted by Gasteiger charge is -2.26. The maximum atomic E-state index is 5.51. The van der Waals surface area contributed by atoms with Gasteiger partial charge in [-0.15, -0.1) is 0 Å². The van der Waals surface area contributed by atoms with Crippen molar-refractivity contribution in [3.05, 3.63) is 11.0 Å². The Hall–Kier alpha value is -0.653. The number of hydrogen-bond acceptors (Lipinski definition) is 4. The molecule has 0 aromatic carbocycles. The molecule has 1 saturated heterocycles. The molecule has 0 saturated carbocycles. The first-order valence-electron chi connectivity index (χ1n) is 6.00. The van der Waals surface area contributed by atoms with Crippen LogP contribution < -0.4 is 0 Å². The van der Waals surface area contributed by atoms with Crippen LogP contribution in [0.4, 0.5) is 0 Å². The van der Waals surface area contributed by atoms with Gasteiger partial charge in [-0.1, -0.05) is 0 Å². The number of methoxy groups -OCH3 is 2. The topological polar surface area (TPSA) is 40.2 Å². The van der Waals surface area contributed by atoms with Crippen molar-refractivity contribution in [2.45, 2.75) is 25.5 Å². The standard InChI is InChI=1S/C12H20O4Si/c1-13-11-10(12(14-2)17(11)3)5-4-6-15-7-9-8-16-9/h9H,4-8H2,1-3H3. The van der Waals surface area contributed by atoms with E-state index < -0.39 is 8.41 Å². The van der Waals surface area contributed by atoms with E-state index in [1.165, 1.54) is 5.57 Å². The van der Waals surface area contributed by atoms with Crippen LogP contribution in [0.3, 0.4) is 0 Å². The van der Waals surface area contributed by atoms with Gasteiger partial charge in [0.25, 0.3) is 0 Å². The van der Waals surface area contributed by atoms with Crippen LogP contribution >= 0.6 is 0 Å². The van der Waals surface area contributed by atoms with Crippen LogP contribution in [-0.2, 0) is 18.9 Å². The zero-order valence-corrected chi connectivity index (χ0v) is 11.7. The minimum atomic E-state index is -0.674. The predicted molar refractivity (Wildman–Crippen MR) is 67.5 cm³/mol. The summed E-state index contributed by atoms with van der Waals surface area (Å²) < 4.78 is 21.4. The SMILES string of the molecule is COC1=C(CCCOCC2CO2)C(OC)=[Si]1C. The summed E-state index contributed by atoms with van der Waals surface area (Å²) in [6, 6.07) is 0. The van der Waals surface area contributed by atoms with Crippen LogP contribution in [-0.4, -0.2) is 53.9 Å². The maximum absolute atomic E-state index is 5.51. The fraction of sp³-hybridized carbons (Fsp3) is 0.750. The molecule has 5 heteroatoms. The molecule has 4 nitrogen and oxygen atoms in total. The molecule has 0 bridgehead atoms. The van der Waals surface area contributed by atoms with Crippen molar-refractivity contribution in [2.75, 3.05) is 34.0 Å². The number of rotatable bonds is 8. The van der Waals surface area contributed by atoms with Gasteiger partial charge in [-0.05, 0) is 19.4 Å². The highest BCUT2D eigenvalue weighted by molar-refractivity contribution is 6.82. The van der Waals surface area contributed by atoms with Gasteiger partial charge in [0.2, 0.25) is 0 Å². The van der Waals surface area contributed by atoms with E-state index in [1.807, 2.05) is 0 Å². The quantitative estimate of drug-likeness (QED) is 0.371. The van der Waals surface area contributed by atoms with Crippen molar-refractivity contribution in [2.24, 2.45) is 0 Å². The highest BCUT2D eigenvalue weighted by atomic mass is 28.2.